The van der Waals surface area contributed by atoms with E-state index >= 15 is 0 Å². The van der Waals surface area contributed by atoms with E-state index in [9.17, 15) is 0 Å². The minimum absolute atomic E-state index is 0.477. The maximum absolute atomic E-state index is 5.97. The van der Waals surface area contributed by atoms with Crippen LogP contribution in [0.3, 0.4) is 0 Å². The molecule has 2 rings (SSSR count). The molecule has 0 fully saturated rings. The first-order valence-electron chi connectivity index (χ1n) is 5.46. The molecule has 0 aliphatic carbocycles. The van der Waals surface area contributed by atoms with Crippen molar-refractivity contribution in [1.82, 2.24) is 9.55 Å². The lowest BCUT2D eigenvalue weighted by Gasteiger charge is -2.06. The van der Waals surface area contributed by atoms with Gasteiger partial charge in [0.1, 0.15) is 5.82 Å². The van der Waals surface area contributed by atoms with Gasteiger partial charge in [-0.25, -0.2) is 4.98 Å². The average Bonchev–Trinajstić information content (AvgIpc) is 2.67. The van der Waals surface area contributed by atoms with Crippen molar-refractivity contribution in [2.75, 3.05) is 12.0 Å². The molecule has 0 aliphatic heterocycles. The average molecular weight is 381 g/mol. The standard InChI is InChI=1S/C12H14ClIN2S/c1-17-6-2-5-16-11-4-3-9(14)7-10(11)15-12(16)8-13/h3-4,7H,2,5-6,8H2,1H3. The van der Waals surface area contributed by atoms with Crippen LogP contribution < -0.4 is 0 Å². The van der Waals surface area contributed by atoms with Crippen LogP contribution in [0.2, 0.25) is 0 Å². The summed E-state index contributed by atoms with van der Waals surface area (Å²) in [4.78, 5) is 4.59. The van der Waals surface area contributed by atoms with Gasteiger partial charge in [0.25, 0.3) is 0 Å². The zero-order valence-electron chi connectivity index (χ0n) is 9.62. The molecule has 0 atom stereocenters. The van der Waals surface area contributed by atoms with Gasteiger partial charge in [-0.2, -0.15) is 11.8 Å². The van der Waals surface area contributed by atoms with Crippen LogP contribution in [-0.4, -0.2) is 21.6 Å². The largest absolute Gasteiger partial charge is 0.327 e. The highest BCUT2D eigenvalue weighted by atomic mass is 127. The molecular weight excluding hydrogens is 367 g/mol. The Morgan fingerprint density at radius 3 is 3.00 bits per heavy atom. The number of thioether (sulfide) groups is 1. The van der Waals surface area contributed by atoms with Gasteiger partial charge in [0.05, 0.1) is 16.9 Å². The Morgan fingerprint density at radius 1 is 1.47 bits per heavy atom. The minimum Gasteiger partial charge on any atom is -0.327 e. The number of aryl methyl sites for hydroxylation is 1. The van der Waals surface area contributed by atoms with Crippen molar-refractivity contribution in [2.45, 2.75) is 18.8 Å². The van der Waals surface area contributed by atoms with Gasteiger partial charge < -0.3 is 4.57 Å². The van der Waals surface area contributed by atoms with E-state index in [1.165, 1.54) is 14.8 Å². The second-order valence-corrected chi connectivity index (χ2v) is 6.29. The highest BCUT2D eigenvalue weighted by Crippen LogP contribution is 2.20. The fourth-order valence-corrected chi connectivity index (χ4v) is 2.97. The first-order valence-corrected chi connectivity index (χ1v) is 8.46. The summed E-state index contributed by atoms with van der Waals surface area (Å²) in [6, 6.07) is 6.36. The Balaban J connectivity index is 2.36. The second-order valence-electron chi connectivity index (χ2n) is 3.79. The molecule has 17 heavy (non-hydrogen) atoms. The van der Waals surface area contributed by atoms with Crippen LogP contribution in [0, 0.1) is 3.57 Å². The fourth-order valence-electron chi connectivity index (χ4n) is 1.87. The van der Waals surface area contributed by atoms with Gasteiger partial charge in [-0.15, -0.1) is 11.6 Å². The topological polar surface area (TPSA) is 17.8 Å². The van der Waals surface area contributed by atoms with Crippen LogP contribution in [0.5, 0.6) is 0 Å². The smallest absolute Gasteiger partial charge is 0.124 e. The Morgan fingerprint density at radius 2 is 2.29 bits per heavy atom. The lowest BCUT2D eigenvalue weighted by atomic mass is 10.3. The van der Waals surface area contributed by atoms with Crippen molar-refractivity contribution < 1.29 is 0 Å². The summed E-state index contributed by atoms with van der Waals surface area (Å²) in [6.07, 6.45) is 3.29. The third-order valence-corrected chi connectivity index (χ3v) is 4.25. The molecule has 0 aliphatic rings. The number of aromatic nitrogens is 2. The lowest BCUT2D eigenvalue weighted by Crippen LogP contribution is -2.03. The molecule has 0 spiro atoms. The molecule has 1 aromatic carbocycles. The van der Waals surface area contributed by atoms with Crippen molar-refractivity contribution in [3.05, 3.63) is 27.6 Å². The molecule has 1 heterocycles. The van der Waals surface area contributed by atoms with Crippen LogP contribution in [0.25, 0.3) is 11.0 Å². The van der Waals surface area contributed by atoms with Crippen molar-refractivity contribution in [3.8, 4) is 0 Å². The van der Waals surface area contributed by atoms with E-state index in [4.69, 9.17) is 11.6 Å². The third kappa shape index (κ3) is 3.09. The molecule has 0 amide bonds. The van der Waals surface area contributed by atoms with Crippen LogP contribution in [0.4, 0.5) is 0 Å². The minimum atomic E-state index is 0.477. The molecule has 0 radical (unpaired) electrons. The predicted octanol–water partition coefficient (Wildman–Crippen LogP) is 4.13. The highest BCUT2D eigenvalue weighted by molar-refractivity contribution is 14.1. The van der Waals surface area contributed by atoms with Crippen molar-refractivity contribution in [1.29, 1.82) is 0 Å². The van der Waals surface area contributed by atoms with E-state index in [1.54, 1.807) is 0 Å². The predicted molar refractivity (Wildman–Crippen MR) is 85.0 cm³/mol. The van der Waals surface area contributed by atoms with E-state index in [-0.39, 0.29) is 0 Å². The van der Waals surface area contributed by atoms with Gasteiger partial charge in [-0.3, -0.25) is 0 Å². The van der Waals surface area contributed by atoms with E-state index in [2.05, 4.69) is 56.6 Å². The van der Waals surface area contributed by atoms with Crippen molar-refractivity contribution >= 4 is 57.0 Å². The number of benzene rings is 1. The molecule has 0 saturated carbocycles. The highest BCUT2D eigenvalue weighted by Gasteiger charge is 2.09. The molecule has 0 N–H and O–H groups in total. The normalized spacial score (nSPS) is 11.2. The van der Waals surface area contributed by atoms with Crippen molar-refractivity contribution in [3.63, 3.8) is 0 Å². The summed E-state index contributed by atoms with van der Waals surface area (Å²) >= 11 is 10.2. The van der Waals surface area contributed by atoms with Gasteiger partial charge in [0.2, 0.25) is 0 Å². The summed E-state index contributed by atoms with van der Waals surface area (Å²) in [5.41, 5.74) is 2.25. The Kier molecular flexibility index (Phi) is 4.99. The number of nitrogens with zero attached hydrogens (tertiary/aromatic N) is 2. The van der Waals surface area contributed by atoms with E-state index in [0.29, 0.717) is 5.88 Å². The van der Waals surface area contributed by atoms with Gasteiger partial charge in [0.15, 0.2) is 0 Å². The number of fused-ring (bicyclic) bond motifs is 1. The molecule has 0 bridgehead atoms. The lowest BCUT2D eigenvalue weighted by molar-refractivity contribution is 0.677. The number of rotatable bonds is 5. The molecular formula is C12H14ClIN2S. The van der Waals surface area contributed by atoms with Gasteiger partial charge in [-0.05, 0) is 59.2 Å². The second kappa shape index (κ2) is 6.29. The Bertz CT molecular complexity index is 512. The molecule has 0 unspecified atom stereocenters. The van der Waals surface area contributed by atoms with Crippen LogP contribution in [-0.2, 0) is 12.4 Å². The number of hydrogen-bond acceptors (Lipinski definition) is 2. The third-order valence-electron chi connectivity index (χ3n) is 2.64. The fraction of sp³-hybridized carbons (Fsp3) is 0.417. The first-order chi connectivity index (χ1) is 8.26. The Hall–Kier alpha value is 0.0600. The maximum Gasteiger partial charge on any atom is 0.124 e. The Labute approximate surface area is 124 Å². The molecule has 2 aromatic rings. The number of hydrogen-bond donors (Lipinski definition) is 0. The van der Waals surface area contributed by atoms with Gasteiger partial charge in [0, 0.05) is 10.1 Å². The summed E-state index contributed by atoms with van der Waals surface area (Å²) in [5.74, 6) is 2.63. The molecule has 92 valence electrons. The number of imidazole rings is 1. The quantitative estimate of drug-likeness (QED) is 0.441. The monoisotopic (exact) mass is 380 g/mol. The van der Waals surface area contributed by atoms with Crippen LogP contribution in [0.1, 0.15) is 12.2 Å². The first kappa shape index (κ1) is 13.5. The van der Waals surface area contributed by atoms with Gasteiger partial charge in [-0.1, -0.05) is 0 Å². The SMILES string of the molecule is CSCCCn1c(CCl)nc2cc(I)ccc21. The van der Waals surface area contributed by atoms with E-state index in [1.807, 2.05) is 11.8 Å². The maximum atomic E-state index is 5.97. The summed E-state index contributed by atoms with van der Waals surface area (Å²) in [5, 5.41) is 0. The van der Waals surface area contributed by atoms with Crippen LogP contribution >= 0.6 is 46.0 Å². The number of alkyl halides is 1. The summed E-state index contributed by atoms with van der Waals surface area (Å²) in [7, 11) is 0. The molecule has 1 aromatic heterocycles. The van der Waals surface area contributed by atoms with Crippen LogP contribution in [0.15, 0.2) is 18.2 Å². The molecule has 5 heteroatoms. The zero-order valence-corrected chi connectivity index (χ0v) is 13.3. The number of halogens is 2. The van der Waals surface area contributed by atoms with E-state index < -0.39 is 0 Å². The van der Waals surface area contributed by atoms with E-state index in [0.717, 1.165) is 24.3 Å². The summed E-state index contributed by atoms with van der Waals surface area (Å²) < 4.78 is 3.46. The molecule has 2 nitrogen and oxygen atoms in total. The summed E-state index contributed by atoms with van der Waals surface area (Å²) in [6.45, 7) is 1.000. The van der Waals surface area contributed by atoms with Gasteiger partial charge >= 0.3 is 0 Å². The zero-order chi connectivity index (χ0) is 12.3. The van der Waals surface area contributed by atoms with Crippen molar-refractivity contribution in [2.24, 2.45) is 0 Å². The molecule has 0 saturated heterocycles.